The minimum absolute atomic E-state index is 0.0430. The first-order valence-corrected chi connectivity index (χ1v) is 5.07. The number of carbonyl (C=O) groups excluding carboxylic acids is 1. The molecular formula is C10H10F2N2O5. The molecule has 1 aromatic carbocycles. The maximum Gasteiger partial charge on any atom is 0.387 e. The highest BCUT2D eigenvalue weighted by atomic mass is 19.3. The lowest BCUT2D eigenvalue weighted by Crippen LogP contribution is -2.12. The van der Waals surface area contributed by atoms with Gasteiger partial charge in [0, 0.05) is 0 Å². The molecule has 0 aliphatic carbocycles. The highest BCUT2D eigenvalue weighted by Gasteiger charge is 2.27. The molecule has 2 N–H and O–H groups in total. The van der Waals surface area contributed by atoms with Crippen LogP contribution in [0, 0.1) is 10.1 Å². The number of nitrogens with two attached hydrogens (primary N) is 1. The van der Waals surface area contributed by atoms with Gasteiger partial charge in [0.25, 0.3) is 0 Å². The lowest BCUT2D eigenvalue weighted by molar-refractivity contribution is -0.385. The second-order valence-electron chi connectivity index (χ2n) is 3.23. The van der Waals surface area contributed by atoms with E-state index in [2.05, 4.69) is 9.47 Å². The quantitative estimate of drug-likeness (QED) is 0.381. The number of alkyl halides is 2. The van der Waals surface area contributed by atoms with Gasteiger partial charge < -0.3 is 15.2 Å². The van der Waals surface area contributed by atoms with Crippen LogP contribution < -0.4 is 10.5 Å². The maximum absolute atomic E-state index is 12.1. The molecule has 0 aromatic heterocycles. The van der Waals surface area contributed by atoms with E-state index in [0.717, 1.165) is 12.1 Å². The van der Waals surface area contributed by atoms with Crippen LogP contribution in [0.3, 0.4) is 0 Å². The molecule has 0 unspecified atom stereocenters. The van der Waals surface area contributed by atoms with Crippen LogP contribution >= 0.6 is 0 Å². The topological polar surface area (TPSA) is 105 Å². The number of halogens is 2. The van der Waals surface area contributed by atoms with E-state index in [4.69, 9.17) is 5.73 Å². The zero-order chi connectivity index (χ0) is 14.6. The van der Waals surface area contributed by atoms with E-state index < -0.39 is 34.6 Å². The summed E-state index contributed by atoms with van der Waals surface area (Å²) in [6.45, 7) is -1.66. The lowest BCUT2D eigenvalue weighted by atomic mass is 10.1. The zero-order valence-corrected chi connectivity index (χ0v) is 9.76. The first-order valence-electron chi connectivity index (χ1n) is 5.07. The van der Waals surface area contributed by atoms with Crippen LogP contribution in [0.1, 0.15) is 17.3 Å². The van der Waals surface area contributed by atoms with Gasteiger partial charge in [-0.25, -0.2) is 4.79 Å². The van der Waals surface area contributed by atoms with Crippen molar-refractivity contribution in [3.63, 3.8) is 0 Å². The largest absolute Gasteiger partial charge is 0.462 e. The van der Waals surface area contributed by atoms with Gasteiger partial charge in [-0.2, -0.15) is 8.78 Å². The molecule has 9 heteroatoms. The molecule has 19 heavy (non-hydrogen) atoms. The van der Waals surface area contributed by atoms with Crippen molar-refractivity contribution in [2.24, 2.45) is 0 Å². The zero-order valence-electron chi connectivity index (χ0n) is 9.76. The number of rotatable bonds is 5. The summed E-state index contributed by atoms with van der Waals surface area (Å²) in [6.07, 6.45) is 0. The normalized spacial score (nSPS) is 10.3. The third kappa shape index (κ3) is 3.27. The fraction of sp³-hybridized carbons (Fsp3) is 0.300. The molecule has 104 valence electrons. The first-order chi connectivity index (χ1) is 8.88. The molecule has 0 bridgehead atoms. The minimum atomic E-state index is -3.24. The van der Waals surface area contributed by atoms with Crippen molar-refractivity contribution < 1.29 is 28.0 Å². The van der Waals surface area contributed by atoms with E-state index in [1.165, 1.54) is 6.92 Å². The van der Waals surface area contributed by atoms with Gasteiger partial charge in [0.2, 0.25) is 5.75 Å². The number of anilines is 1. The average molecular weight is 276 g/mol. The Kier molecular flexibility index (Phi) is 4.56. The Morgan fingerprint density at radius 1 is 1.53 bits per heavy atom. The number of nitrogen functional groups attached to an aromatic ring is 1. The lowest BCUT2D eigenvalue weighted by Gasteiger charge is -2.09. The van der Waals surface area contributed by atoms with Crippen LogP contribution in [0.2, 0.25) is 0 Å². The van der Waals surface area contributed by atoms with Crippen molar-refractivity contribution in [2.75, 3.05) is 12.3 Å². The predicted octanol–water partition coefficient (Wildman–Crippen LogP) is 1.96. The van der Waals surface area contributed by atoms with E-state index in [1.807, 2.05) is 0 Å². The van der Waals surface area contributed by atoms with Crippen molar-refractivity contribution in [3.05, 3.63) is 27.8 Å². The van der Waals surface area contributed by atoms with Crippen LogP contribution in [0.25, 0.3) is 0 Å². The molecule has 0 aliphatic heterocycles. The predicted molar refractivity (Wildman–Crippen MR) is 60.1 cm³/mol. The molecule has 0 spiro atoms. The van der Waals surface area contributed by atoms with Crippen LogP contribution in [0.15, 0.2) is 12.1 Å². The van der Waals surface area contributed by atoms with Crippen molar-refractivity contribution >= 4 is 17.3 Å². The summed E-state index contributed by atoms with van der Waals surface area (Å²) in [7, 11) is 0. The number of benzene rings is 1. The molecule has 0 atom stereocenters. The number of nitro groups is 1. The second kappa shape index (κ2) is 5.94. The monoisotopic (exact) mass is 276 g/mol. The van der Waals surface area contributed by atoms with Crippen LogP contribution in [0.4, 0.5) is 20.2 Å². The summed E-state index contributed by atoms with van der Waals surface area (Å²) in [5.74, 6) is -1.60. The Hall–Kier alpha value is -2.45. The molecular weight excluding hydrogens is 266 g/mol. The highest BCUT2D eigenvalue weighted by molar-refractivity contribution is 5.98. The van der Waals surface area contributed by atoms with Crippen LogP contribution in [-0.2, 0) is 4.74 Å². The number of hydrogen-bond acceptors (Lipinski definition) is 6. The summed E-state index contributed by atoms with van der Waals surface area (Å²) in [6, 6.07) is 1.89. The van der Waals surface area contributed by atoms with Gasteiger partial charge >= 0.3 is 18.3 Å². The molecule has 0 saturated carbocycles. The Labute approximate surface area is 106 Å². The van der Waals surface area contributed by atoms with Gasteiger partial charge in [-0.15, -0.1) is 0 Å². The standard InChI is InChI=1S/C10H10F2N2O5/c1-2-18-9(15)5-3-4-6(19-10(11)12)8(7(5)13)14(16)17/h3-4,10H,2,13H2,1H3. The SMILES string of the molecule is CCOC(=O)c1ccc(OC(F)F)c([N+](=O)[O-])c1N. The third-order valence-electron chi connectivity index (χ3n) is 2.07. The number of nitro benzene ring substituents is 1. The molecule has 0 heterocycles. The van der Waals surface area contributed by atoms with Gasteiger partial charge in [0.05, 0.1) is 17.1 Å². The third-order valence-corrected chi connectivity index (χ3v) is 2.07. The van der Waals surface area contributed by atoms with Crippen LogP contribution in [0.5, 0.6) is 5.75 Å². The number of nitrogens with zero attached hydrogens (tertiary/aromatic N) is 1. The summed E-state index contributed by atoms with van der Waals surface area (Å²) in [4.78, 5) is 21.3. The maximum atomic E-state index is 12.1. The Bertz CT molecular complexity index is 507. The van der Waals surface area contributed by atoms with E-state index in [0.29, 0.717) is 0 Å². The number of ether oxygens (including phenoxy) is 2. The number of esters is 1. The van der Waals surface area contributed by atoms with Gasteiger partial charge in [0.1, 0.15) is 5.69 Å². The molecule has 0 saturated heterocycles. The van der Waals surface area contributed by atoms with Crippen molar-refractivity contribution in [2.45, 2.75) is 13.5 Å². The minimum Gasteiger partial charge on any atom is -0.462 e. The Morgan fingerprint density at radius 3 is 2.63 bits per heavy atom. The fourth-order valence-corrected chi connectivity index (χ4v) is 1.35. The fourth-order valence-electron chi connectivity index (χ4n) is 1.35. The Morgan fingerprint density at radius 2 is 2.16 bits per heavy atom. The van der Waals surface area contributed by atoms with E-state index in [-0.39, 0.29) is 12.2 Å². The molecule has 1 rings (SSSR count). The summed E-state index contributed by atoms with van der Waals surface area (Å²) in [5.41, 5.74) is 3.66. The molecule has 7 nitrogen and oxygen atoms in total. The van der Waals surface area contributed by atoms with Gasteiger partial charge in [-0.3, -0.25) is 10.1 Å². The average Bonchev–Trinajstić information content (AvgIpc) is 2.27. The van der Waals surface area contributed by atoms with E-state index in [1.54, 1.807) is 0 Å². The number of hydrogen-bond donors (Lipinski definition) is 1. The van der Waals surface area contributed by atoms with E-state index in [9.17, 15) is 23.7 Å². The van der Waals surface area contributed by atoms with Crippen LogP contribution in [-0.4, -0.2) is 24.1 Å². The molecule has 0 radical (unpaired) electrons. The smallest absolute Gasteiger partial charge is 0.387 e. The summed E-state index contributed by atoms with van der Waals surface area (Å²) >= 11 is 0. The molecule has 0 aliphatic rings. The van der Waals surface area contributed by atoms with Gasteiger partial charge in [0.15, 0.2) is 0 Å². The van der Waals surface area contributed by atoms with Crippen molar-refractivity contribution in [3.8, 4) is 5.75 Å². The highest BCUT2D eigenvalue weighted by Crippen LogP contribution is 2.36. The molecule has 0 fully saturated rings. The van der Waals surface area contributed by atoms with Gasteiger partial charge in [-0.1, -0.05) is 0 Å². The van der Waals surface area contributed by atoms with E-state index >= 15 is 0 Å². The summed E-state index contributed by atoms with van der Waals surface area (Å²) in [5, 5.41) is 10.8. The molecule has 0 amide bonds. The Balaban J connectivity index is 3.30. The van der Waals surface area contributed by atoms with Crippen molar-refractivity contribution in [1.29, 1.82) is 0 Å². The van der Waals surface area contributed by atoms with Gasteiger partial charge in [-0.05, 0) is 19.1 Å². The molecule has 1 aromatic rings. The second-order valence-corrected chi connectivity index (χ2v) is 3.23. The first kappa shape index (κ1) is 14.6. The summed E-state index contributed by atoms with van der Waals surface area (Å²) < 4.78 is 32.8. The number of carbonyl (C=O) groups is 1. The van der Waals surface area contributed by atoms with Crippen molar-refractivity contribution in [1.82, 2.24) is 0 Å².